The van der Waals surface area contributed by atoms with Gasteiger partial charge in [0, 0.05) is 17.8 Å². The largest absolute Gasteiger partial charge is 0.478 e. The summed E-state index contributed by atoms with van der Waals surface area (Å²) in [6, 6.07) is 9.70. The van der Waals surface area contributed by atoms with E-state index in [1.54, 1.807) is 30.3 Å². The van der Waals surface area contributed by atoms with Crippen LogP contribution in [0, 0.1) is 5.82 Å². The van der Waals surface area contributed by atoms with Gasteiger partial charge in [0.05, 0.1) is 5.69 Å². The lowest BCUT2D eigenvalue weighted by atomic mass is 10.1. The summed E-state index contributed by atoms with van der Waals surface area (Å²) >= 11 is 0. The topological polar surface area (TPSA) is 50.2 Å². The molecule has 0 aliphatic heterocycles. The Labute approximate surface area is 103 Å². The third-order valence-electron chi connectivity index (χ3n) is 2.35. The van der Waals surface area contributed by atoms with Gasteiger partial charge in [-0.3, -0.25) is 4.98 Å². The Morgan fingerprint density at radius 3 is 2.61 bits per heavy atom. The molecule has 0 aliphatic carbocycles. The van der Waals surface area contributed by atoms with Crippen LogP contribution in [0.25, 0.3) is 17.3 Å². The third kappa shape index (κ3) is 2.79. The van der Waals surface area contributed by atoms with Gasteiger partial charge in [0.25, 0.3) is 0 Å². The van der Waals surface area contributed by atoms with Crippen molar-refractivity contribution in [2.75, 3.05) is 0 Å². The summed E-state index contributed by atoms with van der Waals surface area (Å²) < 4.78 is 13.5. The number of halogens is 1. The second-order valence-electron chi connectivity index (χ2n) is 3.63. The van der Waals surface area contributed by atoms with Gasteiger partial charge >= 0.3 is 5.97 Å². The lowest BCUT2D eigenvalue weighted by Gasteiger charge is -2.02. The Bertz CT molecular complexity index is 591. The van der Waals surface area contributed by atoms with Crippen LogP contribution in [0.5, 0.6) is 0 Å². The maximum Gasteiger partial charge on any atom is 0.328 e. The molecular weight excluding hydrogens is 233 g/mol. The van der Waals surface area contributed by atoms with E-state index in [2.05, 4.69) is 4.98 Å². The van der Waals surface area contributed by atoms with Gasteiger partial charge in [-0.2, -0.15) is 0 Å². The first-order valence-corrected chi connectivity index (χ1v) is 5.29. The van der Waals surface area contributed by atoms with Crippen molar-refractivity contribution in [1.29, 1.82) is 0 Å². The van der Waals surface area contributed by atoms with Crippen LogP contribution in [-0.2, 0) is 4.79 Å². The quantitative estimate of drug-likeness (QED) is 0.843. The number of nitrogens with zero attached hydrogens (tertiary/aromatic N) is 1. The Kier molecular flexibility index (Phi) is 3.48. The predicted molar refractivity (Wildman–Crippen MR) is 66.3 cm³/mol. The van der Waals surface area contributed by atoms with Crippen molar-refractivity contribution in [1.82, 2.24) is 4.98 Å². The number of rotatable bonds is 3. The molecule has 90 valence electrons. The Balaban J connectivity index is 2.28. The monoisotopic (exact) mass is 243 g/mol. The van der Waals surface area contributed by atoms with Gasteiger partial charge in [-0.1, -0.05) is 18.2 Å². The number of carboxylic acids is 1. The minimum atomic E-state index is -1.02. The maximum atomic E-state index is 13.5. The van der Waals surface area contributed by atoms with Crippen LogP contribution < -0.4 is 0 Å². The first-order chi connectivity index (χ1) is 8.66. The lowest BCUT2D eigenvalue weighted by Crippen LogP contribution is -1.89. The average Bonchev–Trinajstić information content (AvgIpc) is 2.38. The number of carbonyl (C=O) groups is 1. The van der Waals surface area contributed by atoms with E-state index in [9.17, 15) is 9.18 Å². The molecule has 0 unspecified atom stereocenters. The normalized spacial score (nSPS) is 10.7. The first kappa shape index (κ1) is 12.0. The van der Waals surface area contributed by atoms with E-state index in [-0.39, 0.29) is 5.82 Å². The first-order valence-electron chi connectivity index (χ1n) is 5.29. The average molecular weight is 243 g/mol. The van der Waals surface area contributed by atoms with Crippen LogP contribution >= 0.6 is 0 Å². The van der Waals surface area contributed by atoms with Crippen LogP contribution in [0.15, 0.2) is 48.7 Å². The van der Waals surface area contributed by atoms with E-state index < -0.39 is 5.97 Å². The fourth-order valence-corrected chi connectivity index (χ4v) is 1.50. The smallest absolute Gasteiger partial charge is 0.328 e. The minimum Gasteiger partial charge on any atom is -0.478 e. The Hall–Kier alpha value is -2.49. The van der Waals surface area contributed by atoms with Gasteiger partial charge in [-0.15, -0.1) is 0 Å². The number of aliphatic carboxylic acids is 1. The number of carboxylic acid groups (broad SMARTS) is 1. The molecule has 0 bridgehead atoms. The number of hydrogen-bond donors (Lipinski definition) is 1. The summed E-state index contributed by atoms with van der Waals surface area (Å²) in [5.41, 5.74) is 1.59. The molecule has 2 aromatic rings. The lowest BCUT2D eigenvalue weighted by molar-refractivity contribution is -0.131. The van der Waals surface area contributed by atoms with Crippen molar-refractivity contribution in [3.8, 4) is 11.3 Å². The molecular formula is C14H10FNO2. The Morgan fingerprint density at radius 1 is 1.22 bits per heavy atom. The number of pyridine rings is 1. The molecule has 0 fully saturated rings. The summed E-state index contributed by atoms with van der Waals surface area (Å²) in [6.07, 6.45) is 3.96. The van der Waals surface area contributed by atoms with Crippen LogP contribution in [-0.4, -0.2) is 16.1 Å². The minimum absolute atomic E-state index is 0.334. The van der Waals surface area contributed by atoms with Gasteiger partial charge in [-0.05, 0) is 29.8 Å². The molecule has 0 aliphatic rings. The highest BCUT2D eigenvalue weighted by atomic mass is 19.1. The molecule has 1 aromatic heterocycles. The summed E-state index contributed by atoms with van der Waals surface area (Å²) in [6.45, 7) is 0. The Morgan fingerprint density at radius 2 is 2.00 bits per heavy atom. The van der Waals surface area contributed by atoms with Gasteiger partial charge in [0.2, 0.25) is 0 Å². The zero-order valence-electron chi connectivity index (χ0n) is 9.38. The van der Waals surface area contributed by atoms with E-state index in [0.717, 1.165) is 6.08 Å². The summed E-state index contributed by atoms with van der Waals surface area (Å²) in [5.74, 6) is -1.35. The van der Waals surface area contributed by atoms with E-state index in [4.69, 9.17) is 5.11 Å². The fourth-order valence-electron chi connectivity index (χ4n) is 1.50. The van der Waals surface area contributed by atoms with Crippen molar-refractivity contribution in [3.05, 3.63) is 60.1 Å². The molecule has 1 heterocycles. The van der Waals surface area contributed by atoms with Gasteiger partial charge in [0.1, 0.15) is 5.82 Å². The molecule has 0 atom stereocenters. The van der Waals surface area contributed by atoms with Crippen LogP contribution in [0.4, 0.5) is 4.39 Å². The standard InChI is InChI=1S/C14H10FNO2/c15-12-4-2-1-3-11(12)13-7-5-10(9-16-13)6-8-14(17)18/h1-9H,(H,17,18). The van der Waals surface area contributed by atoms with Gasteiger partial charge < -0.3 is 5.11 Å². The van der Waals surface area contributed by atoms with E-state index in [0.29, 0.717) is 16.8 Å². The van der Waals surface area contributed by atoms with Gasteiger partial charge in [-0.25, -0.2) is 9.18 Å². The zero-order chi connectivity index (χ0) is 13.0. The number of benzene rings is 1. The summed E-state index contributed by atoms with van der Waals surface area (Å²) in [4.78, 5) is 14.5. The van der Waals surface area contributed by atoms with Crippen molar-refractivity contribution < 1.29 is 14.3 Å². The molecule has 1 N–H and O–H groups in total. The molecule has 0 spiro atoms. The van der Waals surface area contributed by atoms with E-state index >= 15 is 0 Å². The second-order valence-corrected chi connectivity index (χ2v) is 3.63. The van der Waals surface area contributed by atoms with Crippen LogP contribution in [0.2, 0.25) is 0 Å². The highest BCUT2D eigenvalue weighted by Gasteiger charge is 2.04. The SMILES string of the molecule is O=C(O)C=Cc1ccc(-c2ccccc2F)nc1. The van der Waals surface area contributed by atoms with Crippen molar-refractivity contribution in [2.45, 2.75) is 0 Å². The van der Waals surface area contributed by atoms with E-state index in [1.165, 1.54) is 18.3 Å². The van der Waals surface area contributed by atoms with Gasteiger partial charge in [0.15, 0.2) is 0 Å². The number of aromatic nitrogens is 1. The summed E-state index contributed by atoms with van der Waals surface area (Å²) in [5, 5.41) is 8.49. The number of hydrogen-bond acceptors (Lipinski definition) is 2. The molecule has 18 heavy (non-hydrogen) atoms. The van der Waals surface area contributed by atoms with Crippen LogP contribution in [0.3, 0.4) is 0 Å². The molecule has 0 radical (unpaired) electrons. The summed E-state index contributed by atoms with van der Waals surface area (Å²) in [7, 11) is 0. The molecule has 1 aromatic carbocycles. The fraction of sp³-hybridized carbons (Fsp3) is 0. The molecule has 0 saturated heterocycles. The van der Waals surface area contributed by atoms with Crippen molar-refractivity contribution in [3.63, 3.8) is 0 Å². The zero-order valence-corrected chi connectivity index (χ0v) is 9.38. The maximum absolute atomic E-state index is 13.5. The molecule has 4 heteroatoms. The highest BCUT2D eigenvalue weighted by Crippen LogP contribution is 2.20. The molecule has 0 saturated carbocycles. The van der Waals surface area contributed by atoms with Crippen LogP contribution in [0.1, 0.15) is 5.56 Å². The third-order valence-corrected chi connectivity index (χ3v) is 2.35. The van der Waals surface area contributed by atoms with Crippen molar-refractivity contribution >= 4 is 12.0 Å². The molecule has 2 rings (SSSR count). The van der Waals surface area contributed by atoms with E-state index in [1.807, 2.05) is 0 Å². The molecule has 0 amide bonds. The second kappa shape index (κ2) is 5.23. The molecule has 3 nitrogen and oxygen atoms in total. The van der Waals surface area contributed by atoms with Crippen molar-refractivity contribution in [2.24, 2.45) is 0 Å². The highest BCUT2D eigenvalue weighted by molar-refractivity contribution is 5.85. The predicted octanol–water partition coefficient (Wildman–Crippen LogP) is 2.99.